The molecule has 0 aromatic carbocycles. The summed E-state index contributed by atoms with van der Waals surface area (Å²) in [5.41, 5.74) is 1.09. The zero-order chi connectivity index (χ0) is 10.7. The van der Waals surface area contributed by atoms with E-state index in [2.05, 4.69) is 6.92 Å². The zero-order valence-electron chi connectivity index (χ0n) is 9.88. The van der Waals surface area contributed by atoms with Gasteiger partial charge in [0.25, 0.3) is 0 Å². The molecule has 3 aliphatic rings. The van der Waals surface area contributed by atoms with Gasteiger partial charge in [-0.25, -0.2) is 0 Å². The van der Waals surface area contributed by atoms with Crippen molar-refractivity contribution >= 4 is 5.91 Å². The number of likely N-dealkylation sites (tertiary alicyclic amines) is 1. The predicted octanol–water partition coefficient (Wildman–Crippen LogP) is 2.44. The van der Waals surface area contributed by atoms with Crippen LogP contribution in [0.2, 0.25) is 0 Å². The zero-order valence-corrected chi connectivity index (χ0v) is 9.88. The molecule has 2 nitrogen and oxygen atoms in total. The average Bonchev–Trinajstić information content (AvgIpc) is 2.73. The first kappa shape index (κ1) is 9.68. The summed E-state index contributed by atoms with van der Waals surface area (Å²) >= 11 is 0. The highest BCUT2D eigenvalue weighted by Crippen LogP contribution is 2.64. The number of hydrogen-bond donors (Lipinski definition) is 0. The first-order valence-corrected chi connectivity index (χ1v) is 6.29. The highest BCUT2D eigenvalue weighted by Gasteiger charge is 2.56. The van der Waals surface area contributed by atoms with Gasteiger partial charge in [0.15, 0.2) is 0 Å². The fourth-order valence-corrected chi connectivity index (χ4v) is 3.96. The summed E-state index contributed by atoms with van der Waals surface area (Å²) in [6.07, 6.45) is 7.65. The molecule has 2 saturated carbocycles. The van der Waals surface area contributed by atoms with E-state index in [1.54, 1.807) is 0 Å². The van der Waals surface area contributed by atoms with Gasteiger partial charge in [0.2, 0.25) is 5.91 Å². The minimum absolute atomic E-state index is 0.370. The molecule has 15 heavy (non-hydrogen) atoms. The Morgan fingerprint density at radius 3 is 2.27 bits per heavy atom. The second-order valence-corrected chi connectivity index (χ2v) is 6.39. The van der Waals surface area contributed by atoms with Gasteiger partial charge in [-0.05, 0) is 48.9 Å². The van der Waals surface area contributed by atoms with Crippen LogP contribution in [0.1, 0.15) is 45.4 Å². The van der Waals surface area contributed by atoms with Crippen molar-refractivity contribution in [2.24, 2.45) is 16.7 Å². The standard InChI is InChI=1S/C13H21NO/c1-10-7-13(10)5-3-12(4-6-13)8-11(15)14(2)9-12/h10H,3-9H2,1-2H3. The molecule has 1 amide bonds. The number of rotatable bonds is 0. The lowest BCUT2D eigenvalue weighted by atomic mass is 9.68. The van der Waals surface area contributed by atoms with Gasteiger partial charge in [-0.15, -0.1) is 0 Å². The van der Waals surface area contributed by atoms with Crippen LogP contribution in [0.3, 0.4) is 0 Å². The van der Waals surface area contributed by atoms with E-state index in [0.717, 1.165) is 24.3 Å². The Kier molecular flexibility index (Phi) is 1.79. The fourth-order valence-electron chi connectivity index (χ4n) is 3.96. The maximum atomic E-state index is 11.6. The van der Waals surface area contributed by atoms with Crippen molar-refractivity contribution in [2.75, 3.05) is 13.6 Å². The second kappa shape index (κ2) is 2.78. The van der Waals surface area contributed by atoms with E-state index < -0.39 is 0 Å². The molecule has 1 heterocycles. The van der Waals surface area contributed by atoms with Gasteiger partial charge in [-0.2, -0.15) is 0 Å². The summed E-state index contributed by atoms with van der Waals surface area (Å²) in [7, 11) is 1.96. The van der Waals surface area contributed by atoms with Crippen molar-refractivity contribution in [3.05, 3.63) is 0 Å². The van der Waals surface area contributed by atoms with E-state index in [0.29, 0.717) is 11.3 Å². The maximum absolute atomic E-state index is 11.6. The molecule has 1 atom stereocenters. The van der Waals surface area contributed by atoms with Crippen molar-refractivity contribution in [2.45, 2.75) is 45.4 Å². The van der Waals surface area contributed by atoms with Crippen LogP contribution in [0.4, 0.5) is 0 Å². The molecule has 2 spiro atoms. The van der Waals surface area contributed by atoms with Gasteiger partial charge in [-0.1, -0.05) is 6.92 Å². The highest BCUT2D eigenvalue weighted by molar-refractivity contribution is 5.79. The molecule has 1 aliphatic heterocycles. The molecule has 0 N–H and O–H groups in total. The second-order valence-electron chi connectivity index (χ2n) is 6.39. The highest BCUT2D eigenvalue weighted by atomic mass is 16.2. The predicted molar refractivity (Wildman–Crippen MR) is 59.4 cm³/mol. The van der Waals surface area contributed by atoms with Crippen LogP contribution in [0, 0.1) is 16.7 Å². The molecule has 0 bridgehead atoms. The molecule has 1 saturated heterocycles. The molecular weight excluding hydrogens is 186 g/mol. The third-order valence-corrected chi connectivity index (χ3v) is 5.43. The number of hydrogen-bond acceptors (Lipinski definition) is 1. The Balaban J connectivity index is 1.69. The van der Waals surface area contributed by atoms with Crippen molar-refractivity contribution < 1.29 is 4.79 Å². The lowest BCUT2D eigenvalue weighted by Crippen LogP contribution is -2.31. The van der Waals surface area contributed by atoms with Crippen LogP contribution in [0.5, 0.6) is 0 Å². The summed E-state index contributed by atoms with van der Waals surface area (Å²) < 4.78 is 0. The fraction of sp³-hybridized carbons (Fsp3) is 0.923. The van der Waals surface area contributed by atoms with E-state index in [9.17, 15) is 4.79 Å². The largest absolute Gasteiger partial charge is 0.345 e. The number of carbonyl (C=O) groups is 1. The molecule has 84 valence electrons. The Morgan fingerprint density at radius 1 is 1.27 bits per heavy atom. The van der Waals surface area contributed by atoms with Crippen LogP contribution in [0.15, 0.2) is 0 Å². The number of carbonyl (C=O) groups excluding carboxylic acids is 1. The van der Waals surface area contributed by atoms with Gasteiger partial charge in [0, 0.05) is 20.0 Å². The molecular formula is C13H21NO. The minimum atomic E-state index is 0.370. The van der Waals surface area contributed by atoms with Gasteiger partial charge in [0.1, 0.15) is 0 Å². The van der Waals surface area contributed by atoms with Crippen LogP contribution < -0.4 is 0 Å². The third kappa shape index (κ3) is 1.33. The molecule has 2 aliphatic carbocycles. The molecule has 3 rings (SSSR count). The Labute approximate surface area is 92.0 Å². The lowest BCUT2D eigenvalue weighted by Gasteiger charge is -2.37. The normalized spacial score (nSPS) is 49.3. The van der Waals surface area contributed by atoms with E-state index >= 15 is 0 Å². The third-order valence-electron chi connectivity index (χ3n) is 5.43. The molecule has 3 fully saturated rings. The van der Waals surface area contributed by atoms with E-state index in [1.807, 2.05) is 11.9 Å². The van der Waals surface area contributed by atoms with E-state index in [1.165, 1.54) is 32.1 Å². The summed E-state index contributed by atoms with van der Waals surface area (Å²) in [5, 5.41) is 0. The number of amides is 1. The first-order chi connectivity index (χ1) is 7.05. The van der Waals surface area contributed by atoms with Crippen molar-refractivity contribution in [3.63, 3.8) is 0 Å². The maximum Gasteiger partial charge on any atom is 0.222 e. The summed E-state index contributed by atoms with van der Waals surface area (Å²) in [6, 6.07) is 0. The average molecular weight is 207 g/mol. The van der Waals surface area contributed by atoms with Gasteiger partial charge < -0.3 is 4.90 Å². The first-order valence-electron chi connectivity index (χ1n) is 6.29. The molecule has 1 unspecified atom stereocenters. The number of nitrogens with zero attached hydrogens (tertiary/aromatic N) is 1. The van der Waals surface area contributed by atoms with Crippen molar-refractivity contribution in [1.82, 2.24) is 4.90 Å². The van der Waals surface area contributed by atoms with Gasteiger partial charge in [-0.3, -0.25) is 4.79 Å². The molecule has 0 aromatic rings. The van der Waals surface area contributed by atoms with Crippen LogP contribution >= 0.6 is 0 Å². The molecule has 2 heteroatoms. The summed E-state index contributed by atoms with van der Waals surface area (Å²) in [4.78, 5) is 13.6. The van der Waals surface area contributed by atoms with Crippen LogP contribution in [0.25, 0.3) is 0 Å². The lowest BCUT2D eigenvalue weighted by molar-refractivity contribution is -0.126. The summed E-state index contributed by atoms with van der Waals surface area (Å²) in [6.45, 7) is 3.42. The topological polar surface area (TPSA) is 20.3 Å². The quantitative estimate of drug-likeness (QED) is 0.597. The monoisotopic (exact) mass is 207 g/mol. The molecule has 0 radical (unpaired) electrons. The van der Waals surface area contributed by atoms with Crippen LogP contribution in [-0.4, -0.2) is 24.4 Å². The Hall–Kier alpha value is -0.530. The van der Waals surface area contributed by atoms with E-state index in [4.69, 9.17) is 0 Å². The van der Waals surface area contributed by atoms with Crippen molar-refractivity contribution in [1.29, 1.82) is 0 Å². The van der Waals surface area contributed by atoms with Gasteiger partial charge in [0.05, 0.1) is 0 Å². The van der Waals surface area contributed by atoms with Gasteiger partial charge >= 0.3 is 0 Å². The smallest absolute Gasteiger partial charge is 0.222 e. The van der Waals surface area contributed by atoms with E-state index in [-0.39, 0.29) is 0 Å². The SMILES string of the molecule is CC1CC12CCC1(CC2)CC(=O)N(C)C1. The summed E-state index contributed by atoms with van der Waals surface area (Å²) in [5.74, 6) is 1.33. The van der Waals surface area contributed by atoms with Crippen molar-refractivity contribution in [3.8, 4) is 0 Å². The Morgan fingerprint density at radius 2 is 1.87 bits per heavy atom. The molecule has 0 aromatic heterocycles. The van der Waals surface area contributed by atoms with Crippen LogP contribution in [-0.2, 0) is 4.79 Å². The Bertz CT molecular complexity index is 302. The minimum Gasteiger partial charge on any atom is -0.345 e.